The fourth-order valence-corrected chi connectivity index (χ4v) is 3.95. The number of ether oxygens (including phenoxy) is 1. The molecule has 1 aliphatic rings. The minimum absolute atomic E-state index is 0.000383. The molecular weight excluding hydrogens is 340 g/mol. The average Bonchev–Trinajstić information content (AvgIpc) is 2.80. The van der Waals surface area contributed by atoms with Crippen LogP contribution < -0.4 is 0 Å². The van der Waals surface area contributed by atoms with Crippen molar-refractivity contribution in [2.24, 2.45) is 0 Å². The summed E-state index contributed by atoms with van der Waals surface area (Å²) in [4.78, 5) is 17.3. The molecule has 0 aromatic carbocycles. The monoisotopic (exact) mass is 358 g/mol. The Labute approximate surface area is 141 Å². The molecule has 0 aliphatic carbocycles. The van der Waals surface area contributed by atoms with Crippen molar-refractivity contribution in [3.05, 3.63) is 35.5 Å². The summed E-state index contributed by atoms with van der Waals surface area (Å²) in [6.07, 6.45) is 0.720. The van der Waals surface area contributed by atoms with Gasteiger partial charge in [-0.25, -0.2) is 18.2 Å². The number of halogens is 1. The highest BCUT2D eigenvalue weighted by atomic mass is 35.5. The third-order valence-corrected chi connectivity index (χ3v) is 5.53. The van der Waals surface area contributed by atoms with Crippen molar-refractivity contribution >= 4 is 27.5 Å². The van der Waals surface area contributed by atoms with Gasteiger partial charge in [0.1, 0.15) is 10.9 Å². The number of carbonyl (C=O) groups excluding carboxylic acids is 1. The second-order valence-electron chi connectivity index (χ2n) is 6.37. The Balaban J connectivity index is 2.20. The first-order chi connectivity index (χ1) is 10.5. The van der Waals surface area contributed by atoms with Crippen LogP contribution in [-0.2, 0) is 14.6 Å². The zero-order valence-electron chi connectivity index (χ0n) is 13.2. The fourth-order valence-electron chi connectivity index (χ4n) is 2.20. The predicted octanol–water partition coefficient (Wildman–Crippen LogP) is 2.68. The minimum atomic E-state index is -3.73. The molecule has 0 N–H and O–H groups in total. The number of sulfone groups is 1. The highest BCUT2D eigenvalue weighted by molar-refractivity contribution is 7.92. The fraction of sp³-hybridized carbons (Fsp3) is 0.467. The van der Waals surface area contributed by atoms with Crippen LogP contribution in [0.3, 0.4) is 0 Å². The summed E-state index contributed by atoms with van der Waals surface area (Å²) in [6, 6.07) is 2.81. The minimum Gasteiger partial charge on any atom is -0.444 e. The normalized spacial score (nSPS) is 19.0. The Hall–Kier alpha value is -1.60. The summed E-state index contributed by atoms with van der Waals surface area (Å²) < 4.78 is 30.6. The summed E-state index contributed by atoms with van der Waals surface area (Å²) in [5.74, 6) is 0. The molecule has 0 radical (unpaired) electrons. The number of nitrogens with zero attached hydrogens (tertiary/aromatic N) is 2. The summed E-state index contributed by atoms with van der Waals surface area (Å²) in [5, 5.41) is -0.632. The Bertz CT molecular complexity index is 723. The molecule has 2 rings (SSSR count). The second kappa shape index (κ2) is 6.13. The maximum atomic E-state index is 12.7. The molecule has 2 heterocycles. The molecule has 0 bridgehead atoms. The van der Waals surface area contributed by atoms with Crippen LogP contribution in [0.1, 0.15) is 20.8 Å². The van der Waals surface area contributed by atoms with Crippen LogP contribution in [0.25, 0.3) is 0 Å². The van der Waals surface area contributed by atoms with E-state index in [0.717, 1.165) is 0 Å². The van der Waals surface area contributed by atoms with Gasteiger partial charge in [-0.3, -0.25) is 0 Å². The Morgan fingerprint density at radius 1 is 1.43 bits per heavy atom. The number of likely N-dealkylation sites (tertiary alicyclic amines) is 1. The lowest BCUT2D eigenvalue weighted by atomic mass is 10.2. The van der Waals surface area contributed by atoms with E-state index in [1.54, 1.807) is 20.8 Å². The molecule has 0 spiro atoms. The number of hydrogen-bond acceptors (Lipinski definition) is 5. The van der Waals surface area contributed by atoms with Gasteiger partial charge in [0.05, 0.1) is 5.02 Å². The Kier molecular flexibility index (Phi) is 4.73. The maximum absolute atomic E-state index is 12.7. The third kappa shape index (κ3) is 4.03. The van der Waals surface area contributed by atoms with E-state index in [9.17, 15) is 13.2 Å². The van der Waals surface area contributed by atoms with E-state index in [2.05, 4.69) is 11.6 Å². The van der Waals surface area contributed by atoms with Gasteiger partial charge in [0, 0.05) is 19.3 Å². The van der Waals surface area contributed by atoms with Crippen molar-refractivity contribution < 1.29 is 17.9 Å². The second-order valence-corrected chi connectivity index (χ2v) is 8.88. The molecular formula is C15H19ClN2O4S. The number of pyridine rings is 1. The first-order valence-corrected chi connectivity index (χ1v) is 8.94. The van der Waals surface area contributed by atoms with Gasteiger partial charge in [-0.15, -0.1) is 0 Å². The lowest BCUT2D eigenvalue weighted by molar-refractivity contribution is 0.0300. The van der Waals surface area contributed by atoms with Crippen LogP contribution in [0.2, 0.25) is 5.02 Å². The zero-order chi connectivity index (χ0) is 17.4. The first-order valence-electron chi connectivity index (χ1n) is 7.02. The van der Waals surface area contributed by atoms with Crippen molar-refractivity contribution in [1.29, 1.82) is 0 Å². The molecule has 1 unspecified atom stereocenters. The van der Waals surface area contributed by atoms with Crippen molar-refractivity contribution in [2.75, 3.05) is 13.1 Å². The molecule has 1 atom stereocenters. The summed E-state index contributed by atoms with van der Waals surface area (Å²) in [6.45, 7) is 9.19. The highest BCUT2D eigenvalue weighted by Crippen LogP contribution is 2.27. The van der Waals surface area contributed by atoms with Gasteiger partial charge in [-0.05, 0) is 38.5 Å². The third-order valence-electron chi connectivity index (χ3n) is 3.25. The zero-order valence-corrected chi connectivity index (χ0v) is 14.8. The van der Waals surface area contributed by atoms with Gasteiger partial charge >= 0.3 is 6.09 Å². The van der Waals surface area contributed by atoms with Gasteiger partial charge < -0.3 is 9.64 Å². The number of aromatic nitrogens is 1. The van der Waals surface area contributed by atoms with Crippen LogP contribution in [-0.4, -0.2) is 48.3 Å². The SMILES string of the molecule is C=C1CN(C(=O)OC(C)(C)C)CC1S(=O)(=O)c1ccc(Cl)cn1. The predicted molar refractivity (Wildman–Crippen MR) is 87.2 cm³/mol. The van der Waals surface area contributed by atoms with Crippen LogP contribution in [0.4, 0.5) is 4.79 Å². The van der Waals surface area contributed by atoms with E-state index in [0.29, 0.717) is 10.6 Å². The lowest BCUT2D eigenvalue weighted by Crippen LogP contribution is -2.36. The summed E-state index contributed by atoms with van der Waals surface area (Å²) >= 11 is 5.73. The van der Waals surface area contributed by atoms with Gasteiger partial charge in [0.15, 0.2) is 5.03 Å². The smallest absolute Gasteiger partial charge is 0.410 e. The molecule has 6 nitrogen and oxygen atoms in total. The Morgan fingerprint density at radius 3 is 2.61 bits per heavy atom. The van der Waals surface area contributed by atoms with Crippen LogP contribution in [0.5, 0.6) is 0 Å². The van der Waals surface area contributed by atoms with Gasteiger partial charge in [-0.2, -0.15) is 0 Å². The number of hydrogen-bond donors (Lipinski definition) is 0. The van der Waals surface area contributed by atoms with E-state index in [1.165, 1.54) is 23.2 Å². The molecule has 126 valence electrons. The molecule has 1 fully saturated rings. The lowest BCUT2D eigenvalue weighted by Gasteiger charge is -2.24. The molecule has 23 heavy (non-hydrogen) atoms. The summed E-state index contributed by atoms with van der Waals surface area (Å²) in [7, 11) is -3.73. The molecule has 1 saturated heterocycles. The standard InChI is InChI=1S/C15H19ClN2O4S/c1-10-8-18(14(19)22-15(2,3)4)9-12(10)23(20,21)13-6-5-11(16)7-17-13/h5-7,12H,1,8-9H2,2-4H3. The van der Waals surface area contributed by atoms with Crippen molar-refractivity contribution in [1.82, 2.24) is 9.88 Å². The molecule has 8 heteroatoms. The van der Waals surface area contributed by atoms with Gasteiger partial charge in [0.2, 0.25) is 9.84 Å². The molecule has 0 saturated carbocycles. The number of carbonyl (C=O) groups is 1. The van der Waals surface area contributed by atoms with E-state index in [1.807, 2.05) is 0 Å². The number of amides is 1. The highest BCUT2D eigenvalue weighted by Gasteiger charge is 2.40. The largest absolute Gasteiger partial charge is 0.444 e. The first kappa shape index (κ1) is 17.7. The van der Waals surface area contributed by atoms with E-state index in [4.69, 9.17) is 16.3 Å². The van der Waals surface area contributed by atoms with Crippen molar-refractivity contribution in [3.63, 3.8) is 0 Å². The van der Waals surface area contributed by atoms with Gasteiger partial charge in [0.25, 0.3) is 0 Å². The molecule has 1 amide bonds. The van der Waals surface area contributed by atoms with E-state index in [-0.39, 0.29) is 18.1 Å². The number of rotatable bonds is 2. The average molecular weight is 359 g/mol. The van der Waals surface area contributed by atoms with E-state index >= 15 is 0 Å². The molecule has 1 aromatic rings. The summed E-state index contributed by atoms with van der Waals surface area (Å²) in [5.41, 5.74) is -0.208. The molecule has 1 aliphatic heterocycles. The Morgan fingerprint density at radius 2 is 2.09 bits per heavy atom. The molecule has 1 aromatic heterocycles. The van der Waals surface area contributed by atoms with Gasteiger partial charge in [-0.1, -0.05) is 18.2 Å². The van der Waals surface area contributed by atoms with Crippen molar-refractivity contribution in [2.45, 2.75) is 36.6 Å². The topological polar surface area (TPSA) is 76.6 Å². The quantitative estimate of drug-likeness (QED) is 0.759. The van der Waals surface area contributed by atoms with Crippen molar-refractivity contribution in [3.8, 4) is 0 Å². The maximum Gasteiger partial charge on any atom is 0.410 e. The van der Waals surface area contributed by atoms with E-state index < -0.39 is 26.8 Å². The van der Waals surface area contributed by atoms with Crippen LogP contribution in [0, 0.1) is 0 Å². The van der Waals surface area contributed by atoms with Crippen LogP contribution >= 0.6 is 11.6 Å². The van der Waals surface area contributed by atoms with Crippen LogP contribution in [0.15, 0.2) is 35.5 Å².